The monoisotopic (exact) mass is 310 g/mol. The summed E-state index contributed by atoms with van der Waals surface area (Å²) in [4.78, 5) is 20.1. The molecule has 0 aliphatic carbocycles. The van der Waals surface area contributed by atoms with Crippen LogP contribution in [0.25, 0.3) is 0 Å². The fraction of sp³-hybridized carbons (Fsp3) is 0.154. The van der Waals surface area contributed by atoms with Gasteiger partial charge in [0.1, 0.15) is 0 Å². The van der Waals surface area contributed by atoms with Crippen LogP contribution in [0.15, 0.2) is 24.3 Å². The van der Waals surface area contributed by atoms with Crippen LogP contribution in [0.3, 0.4) is 0 Å². The number of rotatable bonds is 2. The fourth-order valence-corrected chi connectivity index (χ4v) is 1.92. The maximum atomic E-state index is 11.8. The minimum atomic E-state index is -0.451. The molecule has 104 valence electrons. The van der Waals surface area contributed by atoms with E-state index < -0.39 is 6.03 Å². The van der Waals surface area contributed by atoms with Gasteiger partial charge in [-0.1, -0.05) is 23.2 Å². The molecular weight excluding hydrogens is 299 g/mol. The highest BCUT2D eigenvalue weighted by Crippen LogP contribution is 2.25. The Morgan fingerprint density at radius 3 is 2.25 bits per heavy atom. The second-order valence-electron chi connectivity index (χ2n) is 4.18. The van der Waals surface area contributed by atoms with Crippen LogP contribution >= 0.6 is 23.2 Å². The van der Waals surface area contributed by atoms with E-state index in [1.165, 1.54) is 0 Å². The molecule has 0 spiro atoms. The van der Waals surface area contributed by atoms with Crippen LogP contribution in [0.2, 0.25) is 10.0 Å². The van der Waals surface area contributed by atoms with Gasteiger partial charge >= 0.3 is 6.03 Å². The number of nitrogens with zero attached hydrogens (tertiary/aromatic N) is 2. The number of hydrogen-bond acceptors (Lipinski definition) is 3. The number of benzene rings is 1. The summed E-state index contributed by atoms with van der Waals surface area (Å²) in [5.74, 6) is 0.250. The number of urea groups is 1. The topological polar surface area (TPSA) is 66.9 Å². The molecule has 1 aromatic carbocycles. The Morgan fingerprint density at radius 1 is 1.00 bits per heavy atom. The van der Waals surface area contributed by atoms with Gasteiger partial charge in [-0.15, -0.1) is 0 Å². The molecule has 0 unspecified atom stereocenters. The van der Waals surface area contributed by atoms with Crippen LogP contribution in [0.4, 0.5) is 16.4 Å². The smallest absolute Gasteiger partial charge is 0.308 e. The lowest BCUT2D eigenvalue weighted by atomic mass is 10.3. The molecule has 0 fully saturated rings. The van der Waals surface area contributed by atoms with Crippen molar-refractivity contribution in [3.63, 3.8) is 0 Å². The quantitative estimate of drug-likeness (QED) is 0.879. The Morgan fingerprint density at radius 2 is 1.65 bits per heavy atom. The summed E-state index contributed by atoms with van der Waals surface area (Å²) in [5.41, 5.74) is 2.09. The molecular formula is C13H12Cl2N4O. The molecule has 2 N–H and O–H groups in total. The van der Waals surface area contributed by atoms with Crippen molar-refractivity contribution in [1.29, 1.82) is 0 Å². The van der Waals surface area contributed by atoms with E-state index >= 15 is 0 Å². The summed E-state index contributed by atoms with van der Waals surface area (Å²) in [6.07, 6.45) is 0. The Kier molecular flexibility index (Phi) is 4.42. The number of hydrogen-bond donors (Lipinski definition) is 2. The lowest BCUT2D eigenvalue weighted by molar-refractivity contribution is 0.262. The normalized spacial score (nSPS) is 10.2. The summed E-state index contributed by atoms with van der Waals surface area (Å²) >= 11 is 11.7. The summed E-state index contributed by atoms with van der Waals surface area (Å²) in [6, 6.07) is 6.19. The average molecular weight is 311 g/mol. The predicted octanol–water partition coefficient (Wildman–Crippen LogP) is 4.04. The third kappa shape index (κ3) is 3.82. The van der Waals surface area contributed by atoms with E-state index in [2.05, 4.69) is 20.6 Å². The number of amides is 2. The predicted molar refractivity (Wildman–Crippen MR) is 80.6 cm³/mol. The highest BCUT2D eigenvalue weighted by Gasteiger charge is 2.07. The zero-order chi connectivity index (χ0) is 14.7. The minimum Gasteiger partial charge on any atom is -0.308 e. The second kappa shape index (κ2) is 6.07. The van der Waals surface area contributed by atoms with Crippen LogP contribution in [0, 0.1) is 13.8 Å². The number of carbonyl (C=O) groups is 1. The standard InChI is InChI=1S/C13H12Cl2N4O/c1-7-5-8(2)17-12(16-7)19-13(20)18-9-3-4-10(14)11(15)6-9/h3-6H,1-2H3,(H2,16,17,18,19,20). The van der Waals surface area contributed by atoms with Gasteiger partial charge in [0.15, 0.2) is 0 Å². The number of nitrogens with one attached hydrogen (secondary N) is 2. The van der Waals surface area contributed by atoms with Crippen molar-refractivity contribution < 1.29 is 4.79 Å². The van der Waals surface area contributed by atoms with Crippen LogP contribution in [-0.4, -0.2) is 16.0 Å². The number of aromatic nitrogens is 2. The van der Waals surface area contributed by atoms with E-state index in [1.54, 1.807) is 18.2 Å². The second-order valence-corrected chi connectivity index (χ2v) is 5.00. The molecule has 0 saturated heterocycles. The molecule has 0 saturated carbocycles. The van der Waals surface area contributed by atoms with E-state index in [9.17, 15) is 4.79 Å². The van der Waals surface area contributed by atoms with E-state index in [1.807, 2.05) is 19.9 Å². The third-order valence-electron chi connectivity index (χ3n) is 2.39. The van der Waals surface area contributed by atoms with Gasteiger partial charge in [0, 0.05) is 17.1 Å². The van der Waals surface area contributed by atoms with Gasteiger partial charge in [0.05, 0.1) is 10.0 Å². The van der Waals surface area contributed by atoms with Crippen molar-refractivity contribution in [3.05, 3.63) is 45.7 Å². The van der Waals surface area contributed by atoms with Gasteiger partial charge in [-0.05, 0) is 38.1 Å². The zero-order valence-electron chi connectivity index (χ0n) is 10.9. The average Bonchev–Trinajstić information content (AvgIpc) is 2.32. The molecule has 2 aromatic rings. The highest BCUT2D eigenvalue weighted by molar-refractivity contribution is 6.42. The maximum Gasteiger partial charge on any atom is 0.326 e. The van der Waals surface area contributed by atoms with Crippen molar-refractivity contribution in [2.75, 3.05) is 10.6 Å². The van der Waals surface area contributed by atoms with Crippen LogP contribution in [-0.2, 0) is 0 Å². The van der Waals surface area contributed by atoms with Crippen molar-refractivity contribution >= 4 is 40.9 Å². The number of aryl methyl sites for hydroxylation is 2. The van der Waals surface area contributed by atoms with Gasteiger partial charge in [-0.25, -0.2) is 14.8 Å². The van der Waals surface area contributed by atoms with Crippen LogP contribution < -0.4 is 10.6 Å². The van der Waals surface area contributed by atoms with E-state index in [4.69, 9.17) is 23.2 Å². The van der Waals surface area contributed by atoms with Crippen molar-refractivity contribution in [3.8, 4) is 0 Å². The van der Waals surface area contributed by atoms with Crippen LogP contribution in [0.1, 0.15) is 11.4 Å². The van der Waals surface area contributed by atoms with E-state index in [0.717, 1.165) is 11.4 Å². The first-order valence-corrected chi connectivity index (χ1v) is 6.55. The van der Waals surface area contributed by atoms with Gasteiger partial charge in [-0.3, -0.25) is 5.32 Å². The molecule has 5 nitrogen and oxygen atoms in total. The van der Waals surface area contributed by atoms with Crippen molar-refractivity contribution in [2.45, 2.75) is 13.8 Å². The molecule has 0 radical (unpaired) electrons. The van der Waals surface area contributed by atoms with Crippen LogP contribution in [0.5, 0.6) is 0 Å². The van der Waals surface area contributed by atoms with Crippen molar-refractivity contribution in [1.82, 2.24) is 9.97 Å². The first-order chi connectivity index (χ1) is 9.44. The Balaban J connectivity index is 2.06. The van der Waals surface area contributed by atoms with E-state index in [0.29, 0.717) is 15.7 Å². The molecule has 0 atom stereocenters. The van der Waals surface area contributed by atoms with Gasteiger partial charge in [0.25, 0.3) is 0 Å². The third-order valence-corrected chi connectivity index (χ3v) is 3.12. The zero-order valence-corrected chi connectivity index (χ0v) is 12.4. The summed E-state index contributed by atoms with van der Waals surface area (Å²) in [5, 5.41) is 5.98. The van der Waals surface area contributed by atoms with Gasteiger partial charge < -0.3 is 5.32 Å². The molecule has 20 heavy (non-hydrogen) atoms. The lowest BCUT2D eigenvalue weighted by Gasteiger charge is -2.08. The van der Waals surface area contributed by atoms with Crippen molar-refractivity contribution in [2.24, 2.45) is 0 Å². The Bertz CT molecular complexity index is 641. The summed E-state index contributed by atoms with van der Waals surface area (Å²) < 4.78 is 0. The molecule has 0 aliphatic heterocycles. The largest absolute Gasteiger partial charge is 0.326 e. The number of anilines is 2. The summed E-state index contributed by atoms with van der Waals surface area (Å²) in [7, 11) is 0. The molecule has 0 bridgehead atoms. The van der Waals surface area contributed by atoms with E-state index in [-0.39, 0.29) is 5.95 Å². The number of halogens is 2. The molecule has 1 heterocycles. The highest BCUT2D eigenvalue weighted by atomic mass is 35.5. The molecule has 2 rings (SSSR count). The SMILES string of the molecule is Cc1cc(C)nc(NC(=O)Nc2ccc(Cl)c(Cl)c2)n1. The fourth-order valence-electron chi connectivity index (χ4n) is 1.62. The van der Waals surface area contributed by atoms with Gasteiger partial charge in [0.2, 0.25) is 5.95 Å². The first kappa shape index (κ1) is 14.6. The van der Waals surface area contributed by atoms with Gasteiger partial charge in [-0.2, -0.15) is 0 Å². The number of carbonyl (C=O) groups excluding carboxylic acids is 1. The first-order valence-electron chi connectivity index (χ1n) is 5.79. The summed E-state index contributed by atoms with van der Waals surface area (Å²) in [6.45, 7) is 3.66. The Labute approximate surface area is 126 Å². The molecule has 7 heteroatoms. The molecule has 0 aliphatic rings. The molecule has 2 amide bonds. The maximum absolute atomic E-state index is 11.8. The molecule has 1 aromatic heterocycles. The minimum absolute atomic E-state index is 0.250. The lowest BCUT2D eigenvalue weighted by Crippen LogP contribution is -2.21. The Hall–Kier alpha value is -1.85.